The van der Waals surface area contributed by atoms with Gasteiger partial charge in [0.2, 0.25) is 0 Å². The van der Waals surface area contributed by atoms with Crippen LogP contribution >= 0.6 is 0 Å². The molecular formula is C18H25NO2. The predicted molar refractivity (Wildman–Crippen MR) is 85.2 cm³/mol. The molecule has 1 aliphatic rings. The highest BCUT2D eigenvalue weighted by Crippen LogP contribution is 2.27. The lowest BCUT2D eigenvalue weighted by molar-refractivity contribution is 0.199. The Bertz CT molecular complexity index is 528. The molecule has 1 unspecified atom stereocenters. The summed E-state index contributed by atoms with van der Waals surface area (Å²) in [5.41, 5.74) is 2.11. The zero-order valence-corrected chi connectivity index (χ0v) is 13.2. The van der Waals surface area contributed by atoms with E-state index in [1.54, 1.807) is 7.11 Å². The molecule has 1 aromatic rings. The quantitative estimate of drug-likeness (QED) is 0.864. The van der Waals surface area contributed by atoms with Gasteiger partial charge in [-0.1, -0.05) is 31.8 Å². The second kappa shape index (κ2) is 7.49. The van der Waals surface area contributed by atoms with Crippen molar-refractivity contribution in [2.75, 3.05) is 20.3 Å². The average Bonchev–Trinajstić information content (AvgIpc) is 2.93. The Kier molecular flexibility index (Phi) is 5.67. The molecule has 0 amide bonds. The van der Waals surface area contributed by atoms with Crippen LogP contribution in [0.15, 0.2) is 18.2 Å². The van der Waals surface area contributed by atoms with Gasteiger partial charge in [0.05, 0.1) is 12.7 Å². The van der Waals surface area contributed by atoms with E-state index in [1.807, 2.05) is 6.07 Å². The van der Waals surface area contributed by atoms with Crippen LogP contribution in [-0.4, -0.2) is 36.3 Å². The van der Waals surface area contributed by atoms with E-state index in [0.717, 1.165) is 17.9 Å². The van der Waals surface area contributed by atoms with Gasteiger partial charge in [-0.15, -0.1) is 0 Å². The molecule has 1 N–H and O–H groups in total. The molecule has 0 saturated carbocycles. The van der Waals surface area contributed by atoms with Crippen LogP contribution in [0.25, 0.3) is 0 Å². The molecular weight excluding hydrogens is 262 g/mol. The van der Waals surface area contributed by atoms with E-state index in [2.05, 4.69) is 42.7 Å². The maximum absolute atomic E-state index is 8.86. The van der Waals surface area contributed by atoms with Gasteiger partial charge in [-0.2, -0.15) is 0 Å². The van der Waals surface area contributed by atoms with Gasteiger partial charge < -0.3 is 9.84 Å². The summed E-state index contributed by atoms with van der Waals surface area (Å²) in [6, 6.07) is 6.84. The minimum absolute atomic E-state index is 0.130. The van der Waals surface area contributed by atoms with Crippen LogP contribution in [0.4, 0.5) is 0 Å². The molecule has 1 saturated heterocycles. The van der Waals surface area contributed by atoms with Crippen molar-refractivity contribution in [3.63, 3.8) is 0 Å². The van der Waals surface area contributed by atoms with Gasteiger partial charge >= 0.3 is 0 Å². The molecule has 3 nitrogen and oxygen atoms in total. The van der Waals surface area contributed by atoms with Crippen LogP contribution < -0.4 is 4.74 Å². The summed E-state index contributed by atoms with van der Waals surface area (Å²) in [5, 5.41) is 8.86. The molecule has 1 aliphatic heterocycles. The number of hydrogen-bond acceptors (Lipinski definition) is 3. The van der Waals surface area contributed by atoms with Crippen molar-refractivity contribution in [1.29, 1.82) is 0 Å². The summed E-state index contributed by atoms with van der Waals surface area (Å²) in [6.07, 6.45) is 2.58. The lowest BCUT2D eigenvalue weighted by atomic mass is 10.0. The molecule has 1 atom stereocenters. The Morgan fingerprint density at radius 3 is 2.90 bits per heavy atom. The molecule has 0 aliphatic carbocycles. The second-order valence-corrected chi connectivity index (χ2v) is 5.92. The number of nitrogens with zero attached hydrogens (tertiary/aromatic N) is 1. The van der Waals surface area contributed by atoms with E-state index in [4.69, 9.17) is 9.84 Å². The summed E-state index contributed by atoms with van der Waals surface area (Å²) in [6.45, 7) is 6.60. The Balaban J connectivity index is 2.17. The van der Waals surface area contributed by atoms with E-state index in [9.17, 15) is 0 Å². The van der Waals surface area contributed by atoms with E-state index in [1.165, 1.54) is 24.9 Å². The minimum Gasteiger partial charge on any atom is -0.495 e. The molecule has 1 aromatic carbocycles. The van der Waals surface area contributed by atoms with Crippen LogP contribution in [-0.2, 0) is 6.54 Å². The van der Waals surface area contributed by atoms with Gasteiger partial charge in [0.1, 0.15) is 12.4 Å². The molecule has 21 heavy (non-hydrogen) atoms. The maximum Gasteiger partial charge on any atom is 0.134 e. The highest BCUT2D eigenvalue weighted by molar-refractivity contribution is 5.48. The fourth-order valence-corrected chi connectivity index (χ4v) is 3.12. The van der Waals surface area contributed by atoms with Gasteiger partial charge in [-0.3, -0.25) is 4.90 Å². The Morgan fingerprint density at radius 1 is 1.43 bits per heavy atom. The molecule has 1 heterocycles. The smallest absolute Gasteiger partial charge is 0.134 e. The summed E-state index contributed by atoms with van der Waals surface area (Å²) in [4.78, 5) is 2.57. The number of methoxy groups -OCH3 is 1. The van der Waals surface area contributed by atoms with E-state index < -0.39 is 0 Å². The normalized spacial score (nSPS) is 18.6. The summed E-state index contributed by atoms with van der Waals surface area (Å²) in [7, 11) is 1.65. The van der Waals surface area contributed by atoms with E-state index >= 15 is 0 Å². The number of ether oxygens (including phenoxy) is 1. The monoisotopic (exact) mass is 287 g/mol. The fraction of sp³-hybridized carbons (Fsp3) is 0.556. The van der Waals surface area contributed by atoms with Crippen molar-refractivity contribution in [2.45, 2.75) is 39.3 Å². The summed E-state index contributed by atoms with van der Waals surface area (Å²) >= 11 is 0. The first-order chi connectivity index (χ1) is 10.2. The van der Waals surface area contributed by atoms with Crippen LogP contribution in [0.2, 0.25) is 0 Å². The van der Waals surface area contributed by atoms with Crippen LogP contribution in [0, 0.1) is 17.8 Å². The zero-order chi connectivity index (χ0) is 15.2. The van der Waals surface area contributed by atoms with Gasteiger partial charge in [0.15, 0.2) is 0 Å². The number of benzene rings is 1. The van der Waals surface area contributed by atoms with Crippen molar-refractivity contribution in [3.05, 3.63) is 29.3 Å². The van der Waals surface area contributed by atoms with Crippen molar-refractivity contribution in [3.8, 4) is 17.6 Å². The van der Waals surface area contributed by atoms with Crippen molar-refractivity contribution < 1.29 is 9.84 Å². The average molecular weight is 287 g/mol. The topological polar surface area (TPSA) is 32.7 Å². The number of likely N-dealkylation sites (tertiary alicyclic amines) is 1. The maximum atomic E-state index is 8.86. The first-order valence-corrected chi connectivity index (χ1v) is 7.66. The Morgan fingerprint density at radius 2 is 2.24 bits per heavy atom. The van der Waals surface area contributed by atoms with Crippen LogP contribution in [0.5, 0.6) is 5.75 Å². The Hall–Kier alpha value is -1.50. The number of aliphatic hydroxyl groups excluding tert-OH is 1. The molecule has 3 heteroatoms. The summed E-state index contributed by atoms with van der Waals surface area (Å²) < 4.78 is 5.33. The molecule has 0 spiro atoms. The zero-order valence-electron chi connectivity index (χ0n) is 13.2. The fourth-order valence-electron chi connectivity index (χ4n) is 3.12. The summed E-state index contributed by atoms with van der Waals surface area (Å²) in [5.74, 6) is 7.13. The number of rotatable bonds is 4. The third kappa shape index (κ3) is 4.00. The molecule has 0 aromatic heterocycles. The van der Waals surface area contributed by atoms with Gasteiger partial charge in [-0.25, -0.2) is 0 Å². The first-order valence-electron chi connectivity index (χ1n) is 7.66. The lowest BCUT2D eigenvalue weighted by Gasteiger charge is -2.27. The van der Waals surface area contributed by atoms with Crippen molar-refractivity contribution >= 4 is 0 Å². The highest BCUT2D eigenvalue weighted by atomic mass is 16.5. The molecule has 0 radical (unpaired) electrons. The molecule has 0 bridgehead atoms. The van der Waals surface area contributed by atoms with Crippen molar-refractivity contribution in [2.24, 2.45) is 5.92 Å². The predicted octanol–water partition coefficient (Wildman–Crippen LogP) is 2.66. The van der Waals surface area contributed by atoms with E-state index in [-0.39, 0.29) is 6.61 Å². The largest absolute Gasteiger partial charge is 0.495 e. The molecule has 1 fully saturated rings. The number of hydrogen-bond donors (Lipinski definition) is 1. The van der Waals surface area contributed by atoms with Crippen molar-refractivity contribution in [1.82, 2.24) is 4.90 Å². The highest BCUT2D eigenvalue weighted by Gasteiger charge is 2.26. The van der Waals surface area contributed by atoms with Gasteiger partial charge in [0.25, 0.3) is 0 Å². The number of aliphatic hydroxyl groups is 1. The lowest BCUT2D eigenvalue weighted by Crippen LogP contribution is -2.32. The Labute approximate surface area is 127 Å². The SMILES string of the molecule is COc1ccc(CN2CCCC2C(C)C)cc1C#CCO. The van der Waals surface area contributed by atoms with Gasteiger partial charge in [-0.05, 0) is 43.0 Å². The van der Waals surface area contributed by atoms with E-state index in [0.29, 0.717) is 12.0 Å². The van der Waals surface area contributed by atoms with Gasteiger partial charge in [0, 0.05) is 12.6 Å². The molecule has 2 rings (SSSR count). The second-order valence-electron chi connectivity index (χ2n) is 5.92. The first kappa shape index (κ1) is 15.9. The minimum atomic E-state index is -0.130. The standard InChI is InChI=1S/C18H25NO2/c1-14(2)17-7-4-10-19(17)13-15-8-9-18(21-3)16(12-15)6-5-11-20/h8-9,12,14,17,20H,4,7,10-11,13H2,1-3H3. The molecule has 114 valence electrons. The van der Waals surface area contributed by atoms with Crippen LogP contribution in [0.1, 0.15) is 37.8 Å². The third-order valence-corrected chi connectivity index (χ3v) is 4.14. The third-order valence-electron chi connectivity index (χ3n) is 4.14. The van der Waals surface area contributed by atoms with Crippen LogP contribution in [0.3, 0.4) is 0 Å².